The van der Waals surface area contributed by atoms with Crippen LogP contribution in [0.5, 0.6) is 0 Å². The molecule has 3 heteroatoms. The molecule has 1 unspecified atom stereocenters. The molecule has 2 rings (SSSR count). The van der Waals surface area contributed by atoms with Gasteiger partial charge in [-0.15, -0.1) is 0 Å². The van der Waals surface area contributed by atoms with Crippen LogP contribution in [-0.4, -0.2) is 43.8 Å². The average Bonchev–Trinajstić information content (AvgIpc) is 2.38. The molecule has 1 saturated heterocycles. The van der Waals surface area contributed by atoms with Gasteiger partial charge in [-0.3, -0.25) is 9.29 Å². The van der Waals surface area contributed by atoms with E-state index in [-0.39, 0.29) is 6.67 Å². The fraction of sp³-hybridized carbons (Fsp3) is 1.00. The van der Waals surface area contributed by atoms with Gasteiger partial charge in [0, 0.05) is 32.2 Å². The average molecular weight is 228 g/mol. The first-order chi connectivity index (χ1) is 7.92. The van der Waals surface area contributed by atoms with Gasteiger partial charge in [0.15, 0.2) is 0 Å². The van der Waals surface area contributed by atoms with E-state index in [2.05, 4.69) is 10.2 Å². The fourth-order valence-corrected chi connectivity index (χ4v) is 3.29. The summed E-state index contributed by atoms with van der Waals surface area (Å²) in [7, 11) is 0. The zero-order chi connectivity index (χ0) is 11.2. The molecule has 0 radical (unpaired) electrons. The van der Waals surface area contributed by atoms with Gasteiger partial charge >= 0.3 is 0 Å². The topological polar surface area (TPSA) is 15.3 Å². The maximum absolute atomic E-state index is 12.3. The Morgan fingerprint density at radius 2 is 2.00 bits per heavy atom. The minimum Gasteiger partial charge on any atom is -0.314 e. The molecule has 2 nitrogen and oxygen atoms in total. The molecule has 0 amide bonds. The van der Waals surface area contributed by atoms with E-state index in [0.29, 0.717) is 12.5 Å². The molecular formula is C13H25FN2. The third-order valence-electron chi connectivity index (χ3n) is 4.17. The van der Waals surface area contributed by atoms with E-state index in [1.165, 1.54) is 32.1 Å². The fourth-order valence-electron chi connectivity index (χ4n) is 3.29. The minimum absolute atomic E-state index is 0.165. The van der Waals surface area contributed by atoms with Gasteiger partial charge in [0.2, 0.25) is 0 Å². The predicted molar refractivity (Wildman–Crippen MR) is 65.4 cm³/mol. The molecule has 2 aliphatic rings. The van der Waals surface area contributed by atoms with E-state index in [0.717, 1.165) is 32.1 Å². The summed E-state index contributed by atoms with van der Waals surface area (Å²) < 4.78 is 12.3. The molecule has 0 aromatic heterocycles. The van der Waals surface area contributed by atoms with E-state index >= 15 is 0 Å². The number of nitrogens with one attached hydrogen (secondary N) is 1. The maximum atomic E-state index is 12.3. The summed E-state index contributed by atoms with van der Waals surface area (Å²) in [6.07, 6.45) is 7.71. The number of nitrogens with zero attached hydrogens (tertiary/aromatic N) is 1. The normalized spacial score (nSPS) is 29.4. The summed E-state index contributed by atoms with van der Waals surface area (Å²) in [6.45, 7) is 4.11. The van der Waals surface area contributed by atoms with Crippen molar-refractivity contribution in [3.63, 3.8) is 0 Å². The van der Waals surface area contributed by atoms with Gasteiger partial charge in [0.25, 0.3) is 0 Å². The van der Waals surface area contributed by atoms with E-state index < -0.39 is 0 Å². The summed E-state index contributed by atoms with van der Waals surface area (Å²) in [5.41, 5.74) is 0. The predicted octanol–water partition coefficient (Wildman–Crippen LogP) is 2.20. The lowest BCUT2D eigenvalue weighted by Crippen LogP contribution is -2.54. The van der Waals surface area contributed by atoms with Crippen LogP contribution in [0, 0.1) is 5.92 Å². The maximum Gasteiger partial charge on any atom is 0.0906 e. The molecule has 1 N–H and O–H groups in total. The molecule has 1 atom stereocenters. The summed E-state index contributed by atoms with van der Waals surface area (Å²) in [4.78, 5) is 2.53. The van der Waals surface area contributed by atoms with Crippen molar-refractivity contribution >= 4 is 0 Å². The van der Waals surface area contributed by atoms with Crippen LogP contribution in [0.4, 0.5) is 4.39 Å². The van der Waals surface area contributed by atoms with Crippen LogP contribution >= 0.6 is 0 Å². The summed E-state index contributed by atoms with van der Waals surface area (Å²) in [6, 6.07) is 0.681. The van der Waals surface area contributed by atoms with Crippen molar-refractivity contribution in [2.45, 2.75) is 44.6 Å². The number of hydrogen-bond acceptors (Lipinski definition) is 2. The van der Waals surface area contributed by atoms with E-state index in [1.807, 2.05) is 0 Å². The van der Waals surface area contributed by atoms with Gasteiger partial charge < -0.3 is 5.32 Å². The molecule has 94 valence electrons. The van der Waals surface area contributed by atoms with Gasteiger partial charge in [0.1, 0.15) is 0 Å². The highest BCUT2D eigenvalue weighted by molar-refractivity contribution is 4.86. The molecule has 0 bridgehead atoms. The Labute approximate surface area is 98.6 Å². The molecule has 0 aromatic carbocycles. The van der Waals surface area contributed by atoms with Crippen LogP contribution < -0.4 is 5.32 Å². The Morgan fingerprint density at radius 3 is 2.75 bits per heavy atom. The lowest BCUT2D eigenvalue weighted by molar-refractivity contribution is 0.0895. The number of hydrogen-bond donors (Lipinski definition) is 1. The Hall–Kier alpha value is -0.150. The van der Waals surface area contributed by atoms with Crippen molar-refractivity contribution in [1.29, 1.82) is 0 Å². The highest BCUT2D eigenvalue weighted by atomic mass is 19.1. The summed E-state index contributed by atoms with van der Waals surface area (Å²) in [5.74, 6) is 0.862. The summed E-state index contributed by atoms with van der Waals surface area (Å²) >= 11 is 0. The van der Waals surface area contributed by atoms with Crippen LogP contribution in [0.25, 0.3) is 0 Å². The summed E-state index contributed by atoms with van der Waals surface area (Å²) in [5, 5.41) is 3.50. The van der Waals surface area contributed by atoms with Crippen molar-refractivity contribution in [1.82, 2.24) is 10.2 Å². The molecule has 2 fully saturated rings. The highest BCUT2D eigenvalue weighted by Crippen LogP contribution is 2.29. The van der Waals surface area contributed by atoms with E-state index in [9.17, 15) is 4.39 Å². The molecule has 1 aliphatic heterocycles. The number of alkyl halides is 1. The quantitative estimate of drug-likeness (QED) is 0.793. The molecule has 1 heterocycles. The van der Waals surface area contributed by atoms with Crippen molar-refractivity contribution in [2.24, 2.45) is 5.92 Å². The van der Waals surface area contributed by atoms with Gasteiger partial charge in [-0.25, -0.2) is 0 Å². The second kappa shape index (κ2) is 6.55. The molecule has 1 saturated carbocycles. The third-order valence-corrected chi connectivity index (χ3v) is 4.17. The first kappa shape index (κ1) is 12.3. The first-order valence-corrected chi connectivity index (χ1v) is 6.92. The van der Waals surface area contributed by atoms with Crippen molar-refractivity contribution < 1.29 is 4.39 Å². The Bertz CT molecular complexity index is 192. The lowest BCUT2D eigenvalue weighted by Gasteiger charge is -2.42. The first-order valence-electron chi connectivity index (χ1n) is 6.92. The lowest BCUT2D eigenvalue weighted by atomic mass is 9.82. The third kappa shape index (κ3) is 3.17. The van der Waals surface area contributed by atoms with E-state index in [1.54, 1.807) is 0 Å². The highest BCUT2D eigenvalue weighted by Gasteiger charge is 2.30. The molecule has 1 aliphatic carbocycles. The van der Waals surface area contributed by atoms with Crippen LogP contribution in [0.1, 0.15) is 38.5 Å². The SMILES string of the molecule is FCCCN1CCNCC1C1CCCCC1. The Kier molecular flexibility index (Phi) is 5.04. The molecular weight excluding hydrogens is 203 g/mol. The smallest absolute Gasteiger partial charge is 0.0906 e. The minimum atomic E-state index is -0.165. The molecule has 16 heavy (non-hydrogen) atoms. The zero-order valence-electron chi connectivity index (χ0n) is 10.3. The van der Waals surface area contributed by atoms with Gasteiger partial charge in [-0.1, -0.05) is 19.3 Å². The van der Waals surface area contributed by atoms with Crippen molar-refractivity contribution in [2.75, 3.05) is 32.9 Å². The van der Waals surface area contributed by atoms with Crippen LogP contribution in [-0.2, 0) is 0 Å². The number of rotatable bonds is 4. The number of halogens is 1. The van der Waals surface area contributed by atoms with Gasteiger partial charge in [-0.05, 0) is 25.2 Å². The molecule has 0 aromatic rings. The van der Waals surface area contributed by atoms with E-state index in [4.69, 9.17) is 0 Å². The molecule has 0 spiro atoms. The van der Waals surface area contributed by atoms with Gasteiger partial charge in [0.05, 0.1) is 6.67 Å². The Morgan fingerprint density at radius 1 is 1.19 bits per heavy atom. The monoisotopic (exact) mass is 228 g/mol. The zero-order valence-corrected chi connectivity index (χ0v) is 10.3. The van der Waals surface area contributed by atoms with Crippen LogP contribution in [0.15, 0.2) is 0 Å². The second-order valence-electron chi connectivity index (χ2n) is 5.25. The standard InChI is InChI=1S/C13H25FN2/c14-7-4-9-16-10-8-15-11-13(16)12-5-2-1-3-6-12/h12-13,15H,1-11H2. The number of piperazine rings is 1. The van der Waals surface area contributed by atoms with Crippen LogP contribution in [0.2, 0.25) is 0 Å². The second-order valence-corrected chi connectivity index (χ2v) is 5.25. The van der Waals surface area contributed by atoms with Crippen molar-refractivity contribution in [3.05, 3.63) is 0 Å². The Balaban J connectivity index is 1.86. The van der Waals surface area contributed by atoms with Crippen LogP contribution in [0.3, 0.4) is 0 Å². The van der Waals surface area contributed by atoms with Gasteiger partial charge in [-0.2, -0.15) is 0 Å². The largest absolute Gasteiger partial charge is 0.314 e. The van der Waals surface area contributed by atoms with Crippen molar-refractivity contribution in [3.8, 4) is 0 Å².